The van der Waals surface area contributed by atoms with Crippen LogP contribution in [0.4, 0.5) is 0 Å². The van der Waals surface area contributed by atoms with Gasteiger partial charge >= 0.3 is 0 Å². The van der Waals surface area contributed by atoms with Gasteiger partial charge in [0.05, 0.1) is 6.26 Å². The first-order valence-corrected chi connectivity index (χ1v) is 4.53. The van der Waals surface area contributed by atoms with Crippen molar-refractivity contribution in [2.45, 2.75) is 27.2 Å². The lowest BCUT2D eigenvalue weighted by molar-refractivity contribution is -0.118. The fourth-order valence-corrected chi connectivity index (χ4v) is 1.02. The molecular weight excluding hydrogens is 164 g/mol. The van der Waals surface area contributed by atoms with Crippen molar-refractivity contribution in [1.82, 2.24) is 0 Å². The summed E-state index contributed by atoms with van der Waals surface area (Å²) in [5.74, 6) is 0.174. The molecule has 1 atom stereocenters. The van der Waals surface area contributed by atoms with Gasteiger partial charge in [0.1, 0.15) is 0 Å². The molecule has 0 fully saturated rings. The standard InChI is InChI=1S/C11H18O2/c1-5-9(4)6-10(7-12)11(13)8(2)3/h5,7-9,12H,1,6H2,2-4H3/b10-7-. The van der Waals surface area contributed by atoms with Crippen molar-refractivity contribution in [3.8, 4) is 0 Å². The Balaban J connectivity index is 4.37. The molecule has 0 aromatic carbocycles. The zero-order valence-corrected chi connectivity index (χ0v) is 8.58. The Morgan fingerprint density at radius 2 is 2.00 bits per heavy atom. The highest BCUT2D eigenvalue weighted by atomic mass is 16.2. The molecular formula is C11H18O2. The van der Waals surface area contributed by atoms with E-state index in [-0.39, 0.29) is 17.6 Å². The Morgan fingerprint density at radius 1 is 1.46 bits per heavy atom. The number of hydrogen-bond donors (Lipinski definition) is 1. The van der Waals surface area contributed by atoms with Crippen molar-refractivity contribution in [2.24, 2.45) is 11.8 Å². The van der Waals surface area contributed by atoms with Crippen LogP contribution in [-0.2, 0) is 4.79 Å². The SMILES string of the molecule is C=CC(C)C/C(=C/O)C(=O)C(C)C. The van der Waals surface area contributed by atoms with Gasteiger partial charge in [0, 0.05) is 11.5 Å². The van der Waals surface area contributed by atoms with Crippen LogP contribution >= 0.6 is 0 Å². The molecule has 0 radical (unpaired) electrons. The van der Waals surface area contributed by atoms with Crippen LogP contribution in [0.15, 0.2) is 24.5 Å². The number of Topliss-reactive ketones (excluding diaryl/α,β-unsaturated/α-hetero) is 1. The number of carbonyl (C=O) groups is 1. The summed E-state index contributed by atoms with van der Waals surface area (Å²) in [5, 5.41) is 8.87. The normalized spacial score (nSPS) is 14.3. The molecule has 0 aliphatic carbocycles. The molecule has 0 spiro atoms. The maximum Gasteiger partial charge on any atom is 0.164 e. The zero-order valence-electron chi connectivity index (χ0n) is 8.58. The molecule has 0 aliphatic rings. The predicted octanol–water partition coefficient (Wildman–Crippen LogP) is 2.87. The molecule has 0 aromatic heterocycles. The number of hydrogen-bond acceptors (Lipinski definition) is 2. The number of carbonyl (C=O) groups excluding carboxylic acids is 1. The van der Waals surface area contributed by atoms with Gasteiger partial charge in [-0.15, -0.1) is 6.58 Å². The van der Waals surface area contributed by atoms with Gasteiger partial charge in [0.25, 0.3) is 0 Å². The average Bonchev–Trinajstić information content (AvgIpc) is 2.12. The Bertz CT molecular complexity index is 214. The van der Waals surface area contributed by atoms with Crippen molar-refractivity contribution < 1.29 is 9.90 Å². The van der Waals surface area contributed by atoms with Gasteiger partial charge in [-0.3, -0.25) is 4.79 Å². The molecule has 0 amide bonds. The van der Waals surface area contributed by atoms with Gasteiger partial charge in [-0.1, -0.05) is 26.8 Å². The molecule has 2 nitrogen and oxygen atoms in total. The molecule has 2 heteroatoms. The highest BCUT2D eigenvalue weighted by molar-refractivity contribution is 5.96. The number of ketones is 1. The monoisotopic (exact) mass is 182 g/mol. The van der Waals surface area contributed by atoms with Gasteiger partial charge in [-0.25, -0.2) is 0 Å². The van der Waals surface area contributed by atoms with E-state index in [4.69, 9.17) is 5.11 Å². The van der Waals surface area contributed by atoms with Crippen molar-refractivity contribution in [3.63, 3.8) is 0 Å². The number of aliphatic hydroxyl groups excluding tert-OH is 1. The lowest BCUT2D eigenvalue weighted by atomic mass is 9.94. The Morgan fingerprint density at radius 3 is 2.31 bits per heavy atom. The first-order chi connectivity index (χ1) is 6.02. The van der Waals surface area contributed by atoms with E-state index in [9.17, 15) is 4.79 Å². The maximum absolute atomic E-state index is 11.5. The third-order valence-electron chi connectivity index (χ3n) is 1.94. The van der Waals surface area contributed by atoms with E-state index in [1.165, 1.54) is 0 Å². The van der Waals surface area contributed by atoms with Crippen LogP contribution in [0, 0.1) is 11.8 Å². The first-order valence-electron chi connectivity index (χ1n) is 4.53. The Kier molecular flexibility index (Phi) is 5.12. The van der Waals surface area contributed by atoms with E-state index in [1.54, 1.807) is 6.08 Å². The van der Waals surface area contributed by atoms with Gasteiger partial charge in [-0.2, -0.15) is 0 Å². The lowest BCUT2D eigenvalue weighted by Gasteiger charge is -2.10. The summed E-state index contributed by atoms with van der Waals surface area (Å²) < 4.78 is 0. The molecule has 0 bridgehead atoms. The summed E-state index contributed by atoms with van der Waals surface area (Å²) >= 11 is 0. The minimum absolute atomic E-state index is 0.0104. The van der Waals surface area contributed by atoms with Crippen LogP contribution in [0.5, 0.6) is 0 Å². The minimum atomic E-state index is -0.0598. The largest absolute Gasteiger partial charge is 0.515 e. The van der Waals surface area contributed by atoms with E-state index in [2.05, 4.69) is 6.58 Å². The van der Waals surface area contributed by atoms with Crippen molar-refractivity contribution in [1.29, 1.82) is 0 Å². The van der Waals surface area contributed by atoms with Crippen molar-refractivity contribution >= 4 is 5.78 Å². The maximum atomic E-state index is 11.5. The highest BCUT2D eigenvalue weighted by Crippen LogP contribution is 2.16. The van der Waals surface area contributed by atoms with E-state index in [1.807, 2.05) is 20.8 Å². The molecule has 1 unspecified atom stereocenters. The summed E-state index contributed by atoms with van der Waals surface area (Å²) in [6, 6.07) is 0. The fraction of sp³-hybridized carbons (Fsp3) is 0.545. The van der Waals surface area contributed by atoms with Crippen LogP contribution in [0.25, 0.3) is 0 Å². The quantitative estimate of drug-likeness (QED) is 0.403. The van der Waals surface area contributed by atoms with Crippen LogP contribution in [-0.4, -0.2) is 10.9 Å². The Hall–Kier alpha value is -1.05. The second kappa shape index (κ2) is 5.57. The molecule has 0 rings (SSSR count). The van der Waals surface area contributed by atoms with Gasteiger partial charge in [-0.05, 0) is 12.3 Å². The molecule has 13 heavy (non-hydrogen) atoms. The van der Waals surface area contributed by atoms with Crippen LogP contribution in [0.2, 0.25) is 0 Å². The van der Waals surface area contributed by atoms with Gasteiger partial charge in [0.15, 0.2) is 5.78 Å². The van der Waals surface area contributed by atoms with Gasteiger partial charge < -0.3 is 5.11 Å². The number of allylic oxidation sites excluding steroid dienone is 2. The van der Waals surface area contributed by atoms with Gasteiger partial charge in [0.2, 0.25) is 0 Å². The zero-order chi connectivity index (χ0) is 10.4. The Labute approximate surface area is 80.0 Å². The fourth-order valence-electron chi connectivity index (χ4n) is 1.02. The number of aliphatic hydroxyl groups is 1. The third kappa shape index (κ3) is 3.92. The number of rotatable bonds is 5. The van der Waals surface area contributed by atoms with Crippen LogP contribution in [0.1, 0.15) is 27.2 Å². The van der Waals surface area contributed by atoms with Crippen molar-refractivity contribution in [2.75, 3.05) is 0 Å². The van der Waals surface area contributed by atoms with E-state index < -0.39 is 0 Å². The van der Waals surface area contributed by atoms with E-state index in [0.717, 1.165) is 6.26 Å². The van der Waals surface area contributed by atoms with E-state index in [0.29, 0.717) is 12.0 Å². The molecule has 0 aromatic rings. The predicted molar refractivity (Wildman–Crippen MR) is 54.5 cm³/mol. The third-order valence-corrected chi connectivity index (χ3v) is 1.94. The first kappa shape index (κ1) is 11.9. The van der Waals surface area contributed by atoms with E-state index >= 15 is 0 Å². The molecule has 0 heterocycles. The second-order valence-corrected chi connectivity index (χ2v) is 3.59. The summed E-state index contributed by atoms with van der Waals surface area (Å²) in [6.45, 7) is 9.24. The topological polar surface area (TPSA) is 37.3 Å². The smallest absolute Gasteiger partial charge is 0.164 e. The summed E-state index contributed by atoms with van der Waals surface area (Å²) in [4.78, 5) is 11.5. The van der Waals surface area contributed by atoms with Crippen molar-refractivity contribution in [3.05, 3.63) is 24.5 Å². The summed E-state index contributed by atoms with van der Waals surface area (Å²) in [7, 11) is 0. The second-order valence-electron chi connectivity index (χ2n) is 3.59. The summed E-state index contributed by atoms with van der Waals surface area (Å²) in [6.07, 6.45) is 3.26. The molecule has 74 valence electrons. The van der Waals surface area contributed by atoms with Crippen LogP contribution in [0.3, 0.4) is 0 Å². The van der Waals surface area contributed by atoms with Crippen LogP contribution < -0.4 is 0 Å². The average molecular weight is 182 g/mol. The lowest BCUT2D eigenvalue weighted by Crippen LogP contribution is -2.12. The highest BCUT2D eigenvalue weighted by Gasteiger charge is 2.15. The molecule has 0 saturated carbocycles. The summed E-state index contributed by atoms with van der Waals surface area (Å²) in [5.41, 5.74) is 0.488. The minimum Gasteiger partial charge on any atom is -0.515 e. The molecule has 1 N–H and O–H groups in total. The molecule has 0 saturated heterocycles. The molecule has 0 aliphatic heterocycles.